The Morgan fingerprint density at radius 1 is 1.18 bits per heavy atom. The number of rotatable bonds is 10. The van der Waals surface area contributed by atoms with Crippen molar-refractivity contribution in [3.8, 4) is 0 Å². The van der Waals surface area contributed by atoms with Gasteiger partial charge in [0.2, 0.25) is 0 Å². The number of carbonyl (C=O) groups excluding carboxylic acids is 2. The largest absolute Gasteiger partial charge is 0.477 e. The van der Waals surface area contributed by atoms with Crippen molar-refractivity contribution in [2.75, 3.05) is 42.6 Å². The Labute approximate surface area is 297 Å². The lowest BCUT2D eigenvalue weighted by Crippen LogP contribution is -2.71. The number of anilines is 2. The molecule has 4 aliphatic rings. The molecule has 0 spiro atoms. The number of nitrogens with zero attached hydrogens (tertiary/aromatic N) is 4. The van der Waals surface area contributed by atoms with Crippen LogP contribution in [0.25, 0.3) is 10.1 Å². The summed E-state index contributed by atoms with van der Waals surface area (Å²) in [6.45, 7) is 3.62. The maximum atomic E-state index is 13.4. The van der Waals surface area contributed by atoms with Gasteiger partial charge < -0.3 is 31.2 Å². The number of nitrogen functional groups attached to an aromatic ring is 1. The third kappa shape index (κ3) is 7.08. The average molecular weight is 740 g/mol. The maximum absolute atomic E-state index is 13.4. The summed E-state index contributed by atoms with van der Waals surface area (Å²) in [7, 11) is 0. The molecule has 3 fully saturated rings. The van der Waals surface area contributed by atoms with E-state index in [1.807, 2.05) is 12.1 Å². The number of piperazine rings is 1. The zero-order chi connectivity index (χ0) is 34.1. The summed E-state index contributed by atoms with van der Waals surface area (Å²) >= 11 is 5.33. The van der Waals surface area contributed by atoms with Crippen molar-refractivity contribution in [3.05, 3.63) is 68.3 Å². The van der Waals surface area contributed by atoms with E-state index in [0.717, 1.165) is 77.8 Å². The monoisotopic (exact) mass is 739 g/mol. The van der Waals surface area contributed by atoms with E-state index in [-0.39, 0.29) is 33.8 Å². The van der Waals surface area contributed by atoms with E-state index in [0.29, 0.717) is 16.7 Å². The highest BCUT2D eigenvalue weighted by molar-refractivity contribution is 8.04. The third-order valence-electron chi connectivity index (χ3n) is 8.69. The van der Waals surface area contributed by atoms with Crippen molar-refractivity contribution >= 4 is 90.6 Å². The Morgan fingerprint density at radius 3 is 2.71 bits per heavy atom. The fourth-order valence-corrected chi connectivity index (χ4v) is 10.1. The molecule has 3 aromatic rings. The van der Waals surface area contributed by atoms with Crippen LogP contribution in [0, 0.1) is 0 Å². The lowest BCUT2D eigenvalue weighted by molar-refractivity contribution is -0.150. The molecule has 49 heavy (non-hydrogen) atoms. The summed E-state index contributed by atoms with van der Waals surface area (Å²) in [4.78, 5) is 65.4. The standard InChI is InChI=1S/C32H33N7O6S4/c33-32-35-21(16-48-32)25(37-45-19-3-1-2-4-19)28(41)36-26-29(42)39-27(31(43)44)17(15-47-30(26)39)7-12-46-24-14-22(40)20-6-5-18(13-23(20)49-24)38-10-8-34-9-11-38/h5-7,12-14,16,19,26,30,34H,1-4,8-11,15H2,(H2,33,35)(H,36,41)(H,43,44)/b12-7+,37-25-/t26?,30-/m1/s1. The van der Waals surface area contributed by atoms with Crippen molar-refractivity contribution < 1.29 is 24.3 Å². The number of aromatic nitrogens is 1. The van der Waals surface area contributed by atoms with Crippen LogP contribution in [0.5, 0.6) is 0 Å². The minimum Gasteiger partial charge on any atom is -0.477 e. The second-order valence-electron chi connectivity index (χ2n) is 11.8. The minimum absolute atomic E-state index is 0.0752. The van der Waals surface area contributed by atoms with Crippen LogP contribution in [-0.4, -0.2) is 87.9 Å². The number of nitrogens with two attached hydrogens (primary N) is 1. The van der Waals surface area contributed by atoms with Crippen LogP contribution in [0.1, 0.15) is 31.4 Å². The molecule has 5 heterocycles. The highest BCUT2D eigenvalue weighted by Crippen LogP contribution is 2.41. The molecule has 1 unspecified atom stereocenters. The van der Waals surface area contributed by atoms with E-state index in [2.05, 4.69) is 31.7 Å². The topological polar surface area (TPSA) is 180 Å². The lowest BCUT2D eigenvalue weighted by atomic mass is 10.0. The fraction of sp³-hybridized carbons (Fsp3) is 0.375. The highest BCUT2D eigenvalue weighted by Gasteiger charge is 2.54. The molecule has 13 nitrogen and oxygen atoms in total. The molecule has 7 rings (SSSR count). The Balaban J connectivity index is 1.05. The van der Waals surface area contributed by atoms with Gasteiger partial charge in [-0.15, -0.1) is 34.4 Å². The molecule has 2 atom stereocenters. The molecule has 17 heteroatoms. The molecule has 0 radical (unpaired) electrons. The number of hydrogen-bond donors (Lipinski definition) is 4. The normalized spacial score (nSPS) is 21.7. The first-order valence-electron chi connectivity index (χ1n) is 15.8. The molecule has 0 bridgehead atoms. The van der Waals surface area contributed by atoms with Gasteiger partial charge in [0.05, 0.1) is 4.21 Å². The first-order chi connectivity index (χ1) is 23.8. The van der Waals surface area contributed by atoms with Gasteiger partial charge in [-0.1, -0.05) is 16.9 Å². The molecular weight excluding hydrogens is 707 g/mol. The smallest absolute Gasteiger partial charge is 0.352 e. The molecule has 2 aromatic heterocycles. The number of thiazole rings is 1. The molecule has 1 saturated carbocycles. The number of nitrogens with one attached hydrogen (secondary N) is 2. The number of allylic oxidation sites excluding steroid dienone is 1. The fourth-order valence-electron chi connectivity index (χ4n) is 6.19. The second kappa shape index (κ2) is 14.5. The lowest BCUT2D eigenvalue weighted by Gasteiger charge is -2.49. The number of carboxylic acids is 1. The maximum Gasteiger partial charge on any atom is 0.352 e. The van der Waals surface area contributed by atoms with Crippen LogP contribution in [0.3, 0.4) is 0 Å². The zero-order valence-electron chi connectivity index (χ0n) is 26.1. The summed E-state index contributed by atoms with van der Waals surface area (Å²) in [5.41, 5.74) is 7.28. The van der Waals surface area contributed by atoms with Gasteiger partial charge in [0.25, 0.3) is 11.8 Å². The number of carboxylic acid groups (broad SMARTS) is 1. The number of fused-ring (bicyclic) bond motifs is 2. The first-order valence-corrected chi connectivity index (χ1v) is 19.4. The molecule has 2 amide bonds. The van der Waals surface area contributed by atoms with Gasteiger partial charge in [-0.2, -0.15) is 0 Å². The van der Waals surface area contributed by atoms with Crippen LogP contribution in [-0.2, 0) is 19.2 Å². The van der Waals surface area contributed by atoms with Gasteiger partial charge >= 0.3 is 5.97 Å². The van der Waals surface area contributed by atoms with Crippen molar-refractivity contribution in [2.24, 2.45) is 5.16 Å². The third-order valence-corrected chi connectivity index (χ3v) is 12.7. The van der Waals surface area contributed by atoms with Crippen LogP contribution in [0.2, 0.25) is 0 Å². The SMILES string of the molecule is Nc1nc(/C(=N/OC2CCCC2)C(=O)NC2C(=O)N3C(C(=O)O)=C(/C=C/Sc4cc(=O)c5ccc(N6CCNCC6)cc5s4)CS[C@H]23)cs1. The Hall–Kier alpha value is -3.90. The number of benzene rings is 1. The number of amides is 2. The number of aliphatic carboxylic acids is 1. The van der Waals surface area contributed by atoms with E-state index < -0.39 is 29.2 Å². The van der Waals surface area contributed by atoms with Crippen molar-refractivity contribution in [1.82, 2.24) is 20.5 Å². The van der Waals surface area contributed by atoms with Gasteiger partial charge in [0.15, 0.2) is 16.3 Å². The summed E-state index contributed by atoms with van der Waals surface area (Å²) < 4.78 is 1.65. The Morgan fingerprint density at radius 2 is 1.98 bits per heavy atom. The molecule has 1 aliphatic carbocycles. The number of carbonyl (C=O) groups is 3. The van der Waals surface area contributed by atoms with E-state index in [4.69, 9.17) is 10.6 Å². The van der Waals surface area contributed by atoms with Gasteiger partial charge in [-0.25, -0.2) is 9.78 Å². The van der Waals surface area contributed by atoms with Crippen molar-refractivity contribution in [3.63, 3.8) is 0 Å². The average Bonchev–Trinajstić information content (AvgIpc) is 3.79. The quantitative estimate of drug-likeness (QED) is 0.103. The van der Waals surface area contributed by atoms with E-state index >= 15 is 0 Å². The molecule has 2 saturated heterocycles. The zero-order valence-corrected chi connectivity index (χ0v) is 29.4. The van der Waals surface area contributed by atoms with Crippen LogP contribution in [0.15, 0.2) is 66.6 Å². The van der Waals surface area contributed by atoms with Crippen LogP contribution in [0.4, 0.5) is 10.8 Å². The summed E-state index contributed by atoms with van der Waals surface area (Å²) in [5.74, 6) is -2.13. The summed E-state index contributed by atoms with van der Waals surface area (Å²) in [5, 5.41) is 24.0. The molecule has 3 aliphatic heterocycles. The predicted octanol–water partition coefficient (Wildman–Crippen LogP) is 3.42. The van der Waals surface area contributed by atoms with Crippen LogP contribution >= 0.6 is 46.2 Å². The number of β-lactam (4-membered cyclic amide) rings is 1. The van der Waals surface area contributed by atoms with E-state index in [9.17, 15) is 24.3 Å². The number of thioether (sulfide) groups is 2. The van der Waals surface area contributed by atoms with Gasteiger partial charge in [-0.05, 0) is 60.9 Å². The first kappa shape index (κ1) is 33.6. The highest BCUT2D eigenvalue weighted by atomic mass is 32.2. The number of hydrogen-bond acceptors (Lipinski definition) is 14. The predicted molar refractivity (Wildman–Crippen MR) is 194 cm³/mol. The molecule has 1 aromatic carbocycles. The molecule has 256 valence electrons. The summed E-state index contributed by atoms with van der Waals surface area (Å²) in [6, 6.07) is 6.55. The van der Waals surface area contributed by atoms with Crippen molar-refractivity contribution in [2.45, 2.75) is 47.4 Å². The van der Waals surface area contributed by atoms with Gasteiger partial charge in [0.1, 0.15) is 28.9 Å². The Bertz CT molecular complexity index is 1950. The van der Waals surface area contributed by atoms with Gasteiger partial charge in [-0.3, -0.25) is 19.3 Å². The van der Waals surface area contributed by atoms with E-state index in [1.54, 1.807) is 22.9 Å². The molecule has 5 N–H and O–H groups in total. The minimum atomic E-state index is -1.24. The van der Waals surface area contributed by atoms with E-state index in [1.165, 1.54) is 39.8 Å². The second-order valence-corrected chi connectivity index (χ2v) is 16.1. The van der Waals surface area contributed by atoms with Gasteiger partial charge in [0, 0.05) is 59.2 Å². The van der Waals surface area contributed by atoms with Crippen LogP contribution < -0.4 is 26.7 Å². The van der Waals surface area contributed by atoms with Crippen molar-refractivity contribution in [1.29, 1.82) is 0 Å². The summed E-state index contributed by atoms with van der Waals surface area (Å²) in [6.07, 6.45) is 5.30. The molecular formula is C32H33N7O6S4. The number of oxime groups is 1. The Kier molecular flexibility index (Phi) is 9.96.